The Morgan fingerprint density at radius 1 is 1.03 bits per heavy atom. The summed E-state index contributed by atoms with van der Waals surface area (Å²) in [7, 11) is 3.34. The number of anilines is 1. The van der Waals surface area contributed by atoms with Gasteiger partial charge in [0.15, 0.2) is 6.29 Å². The molecule has 8 heteroatoms. The number of aromatic nitrogens is 1. The van der Waals surface area contributed by atoms with Gasteiger partial charge in [0.1, 0.15) is 18.2 Å². The van der Waals surface area contributed by atoms with Gasteiger partial charge in [-0.15, -0.1) is 0 Å². The van der Waals surface area contributed by atoms with E-state index in [4.69, 9.17) is 19.2 Å². The molecule has 3 aromatic rings. The number of ether oxygens (including phenoxy) is 3. The maximum Gasteiger partial charge on any atom is 0.278 e. The molecule has 0 spiro atoms. The molecular formula is C30H31BrF2N2O3. The molecule has 1 aromatic heterocycles. The summed E-state index contributed by atoms with van der Waals surface area (Å²) >= 11 is 3.45. The van der Waals surface area contributed by atoms with E-state index in [-0.39, 0.29) is 11.9 Å². The number of hydrogen-bond donors (Lipinski definition) is 0. The van der Waals surface area contributed by atoms with E-state index in [1.807, 2.05) is 42.5 Å². The standard InChI is InChI=1S/C30H31BrF2N2O3/c1-36-29(37-2)21-12-14-35(15-13-21)27-11-8-22(18-34-27)28-24-10-9-23(38-19-20-6-4-3-5-7-20)16-25(24)30(32,33)17-26(28)31/h3-11,16,18,21,29H,12-15,17,19H2,1-2H3. The first-order chi connectivity index (χ1) is 18.4. The van der Waals surface area contributed by atoms with Gasteiger partial charge in [0.05, 0.1) is 0 Å². The second kappa shape index (κ2) is 11.5. The van der Waals surface area contributed by atoms with Gasteiger partial charge in [-0.3, -0.25) is 0 Å². The Balaban J connectivity index is 1.34. The Labute approximate surface area is 230 Å². The predicted molar refractivity (Wildman–Crippen MR) is 148 cm³/mol. The normalized spacial score (nSPS) is 17.6. The van der Waals surface area contributed by atoms with Gasteiger partial charge in [0.2, 0.25) is 0 Å². The van der Waals surface area contributed by atoms with E-state index in [1.54, 1.807) is 32.5 Å². The number of methoxy groups -OCH3 is 2. The van der Waals surface area contributed by atoms with E-state index in [1.165, 1.54) is 6.07 Å². The number of piperidine rings is 1. The van der Waals surface area contributed by atoms with Crippen molar-refractivity contribution in [2.75, 3.05) is 32.2 Å². The lowest BCUT2D eigenvalue weighted by atomic mass is 9.85. The number of fused-ring (bicyclic) bond motifs is 1. The SMILES string of the molecule is COC(OC)C1CCN(c2ccc(C3=C(Br)CC(F)(F)c4cc(OCc5ccccc5)ccc43)cn2)CC1. The Morgan fingerprint density at radius 2 is 1.76 bits per heavy atom. The van der Waals surface area contributed by atoms with Crippen LogP contribution in [0.1, 0.15) is 41.5 Å². The Morgan fingerprint density at radius 3 is 2.42 bits per heavy atom. The fraction of sp³-hybridized carbons (Fsp3) is 0.367. The van der Waals surface area contributed by atoms with Crippen LogP contribution in [0.4, 0.5) is 14.6 Å². The van der Waals surface area contributed by atoms with Crippen molar-refractivity contribution in [1.29, 1.82) is 0 Å². The van der Waals surface area contributed by atoms with Gasteiger partial charge in [-0.2, -0.15) is 0 Å². The molecule has 1 aliphatic carbocycles. The third kappa shape index (κ3) is 5.63. The van der Waals surface area contributed by atoms with Crippen LogP contribution in [0.15, 0.2) is 71.3 Å². The first-order valence-electron chi connectivity index (χ1n) is 12.7. The number of rotatable bonds is 8. The molecule has 2 aliphatic rings. The van der Waals surface area contributed by atoms with Crippen LogP contribution in [-0.2, 0) is 22.0 Å². The second-order valence-electron chi connectivity index (χ2n) is 9.71. The van der Waals surface area contributed by atoms with Gasteiger partial charge in [-0.05, 0) is 48.2 Å². The minimum absolute atomic E-state index is 0.0294. The smallest absolute Gasteiger partial charge is 0.278 e. The molecule has 200 valence electrons. The van der Waals surface area contributed by atoms with E-state index < -0.39 is 12.3 Å². The van der Waals surface area contributed by atoms with Gasteiger partial charge in [0, 0.05) is 67.0 Å². The molecule has 5 rings (SSSR count). The first-order valence-corrected chi connectivity index (χ1v) is 13.5. The lowest BCUT2D eigenvalue weighted by Crippen LogP contribution is -2.39. The van der Waals surface area contributed by atoms with Crippen molar-refractivity contribution in [2.45, 2.75) is 38.1 Å². The van der Waals surface area contributed by atoms with Gasteiger partial charge in [0.25, 0.3) is 5.92 Å². The summed E-state index contributed by atoms with van der Waals surface area (Å²) in [4.78, 5) is 6.95. The highest BCUT2D eigenvalue weighted by molar-refractivity contribution is 9.11. The predicted octanol–water partition coefficient (Wildman–Crippen LogP) is 7.15. The number of nitrogens with zero attached hydrogens (tertiary/aromatic N) is 2. The minimum atomic E-state index is -3.01. The van der Waals surface area contributed by atoms with Gasteiger partial charge < -0.3 is 19.1 Å². The van der Waals surface area contributed by atoms with E-state index >= 15 is 8.78 Å². The van der Waals surface area contributed by atoms with Crippen molar-refractivity contribution in [3.05, 3.63) is 93.6 Å². The number of allylic oxidation sites excluding steroid dienone is 1. The number of hydrogen-bond acceptors (Lipinski definition) is 5. The van der Waals surface area contributed by atoms with Crippen LogP contribution < -0.4 is 9.64 Å². The zero-order valence-electron chi connectivity index (χ0n) is 21.5. The highest BCUT2D eigenvalue weighted by Gasteiger charge is 2.40. The maximum absolute atomic E-state index is 15.2. The Bertz CT molecular complexity index is 1270. The third-order valence-electron chi connectivity index (χ3n) is 7.30. The average Bonchev–Trinajstić information content (AvgIpc) is 2.94. The molecule has 1 fully saturated rings. The van der Waals surface area contributed by atoms with Gasteiger partial charge in [-0.1, -0.05) is 52.3 Å². The zero-order chi connectivity index (χ0) is 26.7. The molecule has 5 nitrogen and oxygen atoms in total. The summed E-state index contributed by atoms with van der Waals surface area (Å²) in [5.74, 6) is -1.36. The van der Waals surface area contributed by atoms with E-state index in [0.29, 0.717) is 28.3 Å². The van der Waals surface area contributed by atoms with E-state index in [9.17, 15) is 0 Å². The molecular weight excluding hydrogens is 554 g/mol. The molecule has 0 radical (unpaired) electrons. The molecule has 0 N–H and O–H groups in total. The lowest BCUT2D eigenvalue weighted by Gasteiger charge is -2.35. The third-order valence-corrected chi connectivity index (χ3v) is 7.98. The van der Waals surface area contributed by atoms with Crippen LogP contribution in [0, 0.1) is 5.92 Å². The fourth-order valence-electron chi connectivity index (χ4n) is 5.31. The summed E-state index contributed by atoms with van der Waals surface area (Å²) < 4.78 is 47.5. The molecule has 38 heavy (non-hydrogen) atoms. The maximum atomic E-state index is 15.2. The largest absolute Gasteiger partial charge is 0.489 e. The second-order valence-corrected chi connectivity index (χ2v) is 10.7. The lowest BCUT2D eigenvalue weighted by molar-refractivity contribution is -0.141. The number of benzene rings is 2. The monoisotopic (exact) mass is 584 g/mol. The van der Waals surface area contributed by atoms with Gasteiger partial charge in [-0.25, -0.2) is 13.8 Å². The Kier molecular flexibility index (Phi) is 8.12. The molecule has 2 heterocycles. The number of pyridine rings is 1. The summed E-state index contributed by atoms with van der Waals surface area (Å²) in [5, 5.41) is 0. The van der Waals surface area contributed by atoms with Crippen LogP contribution in [0.5, 0.6) is 5.75 Å². The molecule has 0 unspecified atom stereocenters. The topological polar surface area (TPSA) is 43.8 Å². The van der Waals surface area contributed by atoms with Crippen LogP contribution in [0.3, 0.4) is 0 Å². The molecule has 1 aliphatic heterocycles. The molecule has 0 amide bonds. The van der Waals surface area contributed by atoms with Crippen molar-refractivity contribution in [3.63, 3.8) is 0 Å². The molecule has 1 saturated heterocycles. The quantitative estimate of drug-likeness (QED) is 0.263. The van der Waals surface area contributed by atoms with Crippen LogP contribution in [0.25, 0.3) is 5.57 Å². The average molecular weight is 585 g/mol. The number of alkyl halides is 2. The van der Waals surface area contributed by atoms with Crippen molar-refractivity contribution >= 4 is 27.3 Å². The summed E-state index contributed by atoms with van der Waals surface area (Å²) in [5.41, 5.74) is 2.97. The summed E-state index contributed by atoms with van der Waals surface area (Å²) in [6.45, 7) is 2.03. The van der Waals surface area contributed by atoms with E-state index in [0.717, 1.165) is 48.4 Å². The molecule has 0 saturated carbocycles. The van der Waals surface area contributed by atoms with E-state index in [2.05, 4.69) is 20.8 Å². The molecule has 2 aromatic carbocycles. The zero-order valence-corrected chi connectivity index (χ0v) is 23.1. The first kappa shape index (κ1) is 26.8. The highest BCUT2D eigenvalue weighted by atomic mass is 79.9. The van der Waals surface area contributed by atoms with Crippen molar-refractivity contribution in [2.24, 2.45) is 5.92 Å². The van der Waals surface area contributed by atoms with Gasteiger partial charge >= 0.3 is 0 Å². The summed E-state index contributed by atoms with van der Waals surface area (Å²) in [6.07, 6.45) is 3.07. The minimum Gasteiger partial charge on any atom is -0.489 e. The molecule has 0 bridgehead atoms. The molecule has 0 atom stereocenters. The van der Waals surface area contributed by atoms with Crippen molar-refractivity contribution < 1.29 is 23.0 Å². The van der Waals surface area contributed by atoms with Crippen LogP contribution >= 0.6 is 15.9 Å². The highest BCUT2D eigenvalue weighted by Crippen LogP contribution is 2.49. The van der Waals surface area contributed by atoms with Crippen LogP contribution in [-0.4, -0.2) is 38.6 Å². The van der Waals surface area contributed by atoms with Crippen LogP contribution in [0.2, 0.25) is 0 Å². The number of halogens is 3. The summed E-state index contributed by atoms with van der Waals surface area (Å²) in [6, 6.07) is 18.5. The Hall–Kier alpha value is -2.81. The van der Waals surface area contributed by atoms with Crippen molar-refractivity contribution in [1.82, 2.24) is 4.98 Å². The fourth-order valence-corrected chi connectivity index (χ4v) is 6.11. The van der Waals surface area contributed by atoms with Crippen molar-refractivity contribution in [3.8, 4) is 5.75 Å².